The quantitative estimate of drug-likeness (QED) is 0.403. The molecule has 24 heteroatoms. The number of halogens is 2. The molecule has 198 valence electrons. The topological polar surface area (TPSA) is 26.3 Å². The van der Waals surface area contributed by atoms with Crippen LogP contribution in [0.15, 0.2) is 16.6 Å². The maximum Gasteiger partial charge on any atom is 0.253 e. The highest BCUT2D eigenvalue weighted by molar-refractivity contribution is 9.10. The zero-order valence-corrected chi connectivity index (χ0v) is 34.6. The molecule has 2 bridgehead atoms. The lowest BCUT2D eigenvalue weighted by atomic mass is 9.90. The Bertz CT molecular complexity index is 1680. The highest BCUT2D eigenvalue weighted by atomic mass is 79.9. The molecule has 0 aromatic heterocycles. The van der Waals surface area contributed by atoms with E-state index in [4.69, 9.17) is 38.7 Å². The second kappa shape index (κ2) is 22.6. The highest BCUT2D eigenvalue weighted by Crippen LogP contribution is 2.51. The average Bonchev–Trinajstić information content (AvgIpc) is 3.46. The minimum atomic E-state index is -0.424. The van der Waals surface area contributed by atoms with Gasteiger partial charge in [0, 0.05) is 192 Å². The molecule has 0 spiro atoms. The summed E-state index contributed by atoms with van der Waals surface area (Å²) in [5, 5.41) is -0.424. The smallest absolute Gasteiger partial charge is 0.253 e. The second-order valence-electron chi connectivity index (χ2n) is 5.15. The van der Waals surface area contributed by atoms with Crippen molar-refractivity contribution in [3.8, 4) is 0 Å². The molecule has 0 radical (unpaired) electrons. The van der Waals surface area contributed by atoms with Gasteiger partial charge in [-0.15, -0.1) is 0 Å². The molecule has 2 heterocycles. The Morgan fingerprint density at radius 2 is 1.06 bits per heavy atom. The first-order chi connectivity index (χ1) is 17.1. The van der Waals surface area contributed by atoms with Crippen LogP contribution in [0.4, 0.5) is 0 Å². The van der Waals surface area contributed by atoms with Gasteiger partial charge in [0.25, 0.3) is 5.24 Å². The second-order valence-corrected chi connectivity index (χ2v) is 38.2. The number of rotatable bonds is 1. The molecule has 1 aromatic rings. The zero-order valence-electron chi connectivity index (χ0n) is 16.0. The first-order valence-corrected chi connectivity index (χ1v) is 34.5. The summed E-state index contributed by atoms with van der Waals surface area (Å²) in [4.78, 5) is 11.2. The third-order valence-corrected chi connectivity index (χ3v) is 42.2. The molecule has 35 heavy (non-hydrogen) atoms. The van der Waals surface area contributed by atoms with Gasteiger partial charge in [0.1, 0.15) is 0 Å². The van der Waals surface area contributed by atoms with Gasteiger partial charge in [-0.05, 0) is 63.6 Å². The van der Waals surface area contributed by atoms with Crippen molar-refractivity contribution in [3.05, 3.63) is 33.3 Å². The molecule has 2 unspecified atom stereocenters. The van der Waals surface area contributed by atoms with Crippen LogP contribution in [0.3, 0.4) is 0 Å². The molecule has 0 N–H and O–H groups in total. The molecule has 2 atom stereocenters. The maximum atomic E-state index is 11.2. The molecule has 1 saturated heterocycles. The Labute approximate surface area is 277 Å². The molecule has 0 aliphatic carbocycles. The third kappa shape index (κ3) is 14.7. The van der Waals surface area contributed by atoms with Gasteiger partial charge >= 0.3 is 0 Å². The van der Waals surface area contributed by atoms with Gasteiger partial charge in [-0.3, -0.25) is 4.79 Å². The van der Waals surface area contributed by atoms with Crippen LogP contribution in [0.25, 0.3) is 0 Å². The predicted molar refractivity (Wildman–Crippen MR) is 207 cm³/mol. The van der Waals surface area contributed by atoms with Gasteiger partial charge in [-0.2, -0.15) is 0 Å². The SMILES string of the molecule is O=C(Cl)c1cc2c(cc1Br)C1CCC2O1.S=S=S=S=S=S=S=S=S=S=S=S=S=S=S=S=S=S=S=S. The third-order valence-electron chi connectivity index (χ3n) is 3.57. The number of fused-ring (bicyclic) bond motifs is 5. The first-order valence-electron chi connectivity index (χ1n) is 8.02. The monoisotopic (exact) mass is 925 g/mol. The van der Waals surface area contributed by atoms with Crippen LogP contribution in [0.1, 0.15) is 46.5 Å². The van der Waals surface area contributed by atoms with E-state index in [0.29, 0.717) is 5.56 Å². The highest BCUT2D eigenvalue weighted by Gasteiger charge is 2.38. The van der Waals surface area contributed by atoms with E-state index in [2.05, 4.69) is 15.9 Å². The van der Waals surface area contributed by atoms with E-state index in [1.54, 1.807) is 142 Å². The zero-order chi connectivity index (χ0) is 25.3. The number of carbonyl (C=O) groups excluding carboxylic acids is 1. The number of hydrogen-bond donors (Lipinski definition) is 0. The molecule has 3 rings (SSSR count). The predicted octanol–water partition coefficient (Wildman–Crippen LogP) is 3.69. The summed E-state index contributed by atoms with van der Waals surface area (Å²) >= 11 is 18.4. The van der Waals surface area contributed by atoms with Gasteiger partial charge < -0.3 is 4.74 Å². The molecule has 2 aliphatic rings. The van der Waals surface area contributed by atoms with Crippen LogP contribution in [-0.2, 0) is 187 Å². The molecule has 2 aliphatic heterocycles. The molecule has 2 nitrogen and oxygen atoms in total. The lowest BCUT2D eigenvalue weighted by Crippen LogP contribution is -2.01. The Balaban J connectivity index is 0.000000254. The summed E-state index contributed by atoms with van der Waals surface area (Å²) in [5.41, 5.74) is 2.88. The number of benzene rings is 1. The fourth-order valence-electron chi connectivity index (χ4n) is 2.59. The Kier molecular flexibility index (Phi) is 22.7. The van der Waals surface area contributed by atoms with Gasteiger partial charge in [-0.1, -0.05) is 0 Å². The molecular formula is C11H8BrClO2S20. The van der Waals surface area contributed by atoms with Crippen LogP contribution in [-0.4, -0.2) is 5.24 Å². The maximum absolute atomic E-state index is 11.2. The van der Waals surface area contributed by atoms with Crippen molar-refractivity contribution in [3.63, 3.8) is 0 Å². The number of carbonyl (C=O) groups is 1. The molecule has 1 aromatic carbocycles. The van der Waals surface area contributed by atoms with Gasteiger partial charge in [0.15, 0.2) is 0 Å². The lowest BCUT2D eigenvalue weighted by Gasteiger charge is -2.13. The van der Waals surface area contributed by atoms with Crippen molar-refractivity contribution in [2.24, 2.45) is 0 Å². The van der Waals surface area contributed by atoms with Crippen LogP contribution >= 0.6 is 27.5 Å². The largest absolute Gasteiger partial charge is 0.366 e. The number of hydrogen-bond acceptors (Lipinski definition) is 4. The average molecular weight is 929 g/mol. The summed E-state index contributed by atoms with van der Waals surface area (Å²) in [6.07, 6.45) is 2.53. The Morgan fingerprint density at radius 3 is 1.40 bits per heavy atom. The summed E-state index contributed by atoms with van der Waals surface area (Å²) in [6.45, 7) is 0. The van der Waals surface area contributed by atoms with Gasteiger partial charge in [0.05, 0.1) is 12.2 Å². The Morgan fingerprint density at radius 1 is 0.714 bits per heavy atom. The fraction of sp³-hybridized carbons (Fsp3) is 0.364. The van der Waals surface area contributed by atoms with E-state index in [1.165, 1.54) is 23.3 Å². The minimum absolute atomic E-state index is 0.174. The summed E-state index contributed by atoms with van der Waals surface area (Å²) in [7, 11) is 30.8. The molecule has 1 fully saturated rings. The van der Waals surface area contributed by atoms with Crippen molar-refractivity contribution in [2.45, 2.75) is 25.0 Å². The van der Waals surface area contributed by atoms with E-state index >= 15 is 0 Å². The van der Waals surface area contributed by atoms with E-state index in [9.17, 15) is 4.79 Å². The summed E-state index contributed by atoms with van der Waals surface area (Å²) in [6, 6.07) is 3.83. The van der Waals surface area contributed by atoms with Crippen molar-refractivity contribution in [1.29, 1.82) is 0 Å². The summed E-state index contributed by atoms with van der Waals surface area (Å²) < 4.78 is 6.52. The van der Waals surface area contributed by atoms with Crippen molar-refractivity contribution in [2.75, 3.05) is 0 Å². The standard InChI is InChI=1S/C11H8BrClO2.S20/c12-8-4-6-5(3-7(8)11(13)14)9-1-2-10(6)15-9;1-3-5-7-9-11-13-15-17-19-20-18-16-14-12-10-8-6-4-2/h3-4,9-10H,1-2H2;. The van der Waals surface area contributed by atoms with E-state index < -0.39 is 5.24 Å². The number of ether oxygens (including phenoxy) is 1. The van der Waals surface area contributed by atoms with Crippen molar-refractivity contribution in [1.82, 2.24) is 0 Å². The van der Waals surface area contributed by atoms with Crippen LogP contribution in [0.5, 0.6) is 0 Å². The van der Waals surface area contributed by atoms with Gasteiger partial charge in [-0.25, -0.2) is 0 Å². The van der Waals surface area contributed by atoms with E-state index in [1.807, 2.05) is 12.1 Å². The fourth-order valence-corrected chi connectivity index (χ4v) is 47.3. The summed E-state index contributed by atoms with van der Waals surface area (Å²) in [5.74, 6) is 0. The Hall–Kier alpha value is 4.02. The first kappa shape index (κ1) is 35.2. The van der Waals surface area contributed by atoms with Crippen LogP contribution in [0, 0.1) is 0 Å². The van der Waals surface area contributed by atoms with E-state index in [0.717, 1.165) is 22.9 Å². The van der Waals surface area contributed by atoms with Crippen molar-refractivity contribution >= 4 is 215 Å². The lowest BCUT2D eigenvalue weighted by molar-refractivity contribution is 0.0716. The minimum Gasteiger partial charge on any atom is -0.366 e. The van der Waals surface area contributed by atoms with E-state index in [-0.39, 0.29) is 12.2 Å². The molecule has 0 amide bonds. The molecule has 0 saturated carbocycles. The van der Waals surface area contributed by atoms with Crippen LogP contribution in [0.2, 0.25) is 0 Å². The van der Waals surface area contributed by atoms with Gasteiger partial charge in [0.2, 0.25) is 0 Å². The van der Waals surface area contributed by atoms with Crippen LogP contribution < -0.4 is 0 Å². The van der Waals surface area contributed by atoms with Crippen molar-refractivity contribution < 1.29 is 9.53 Å². The molecular weight excluding hydrogens is 921 g/mol. The normalized spacial score (nSPS) is 15.7.